The van der Waals surface area contributed by atoms with Gasteiger partial charge in [-0.15, -0.1) is 8.67 Å². The molecule has 298 valence electrons. The Labute approximate surface area is 322 Å². The smallest absolute Gasteiger partial charge is 0.296 e. The van der Waals surface area contributed by atoms with Gasteiger partial charge < -0.3 is 10.6 Å². The second-order valence-corrected chi connectivity index (χ2v) is 17.9. The zero-order valence-electron chi connectivity index (χ0n) is 26.8. The summed E-state index contributed by atoms with van der Waals surface area (Å²) in [4.78, 5) is 22.9. The molecule has 0 spiro atoms. The van der Waals surface area contributed by atoms with Crippen LogP contribution in [0.4, 0.5) is 11.4 Å². The van der Waals surface area contributed by atoms with E-state index in [1.165, 1.54) is 12.1 Å². The number of carbonyl (C=O) groups excluding carboxylic acids is 2. The van der Waals surface area contributed by atoms with Gasteiger partial charge in [-0.1, -0.05) is 16.1 Å². The molecule has 8 N–H and O–H groups in total. The summed E-state index contributed by atoms with van der Waals surface area (Å²) in [5.41, 5.74) is -1.61. The molecule has 0 saturated heterocycles. The zero-order valence-corrected chi connectivity index (χ0v) is 31.7. The maximum absolute atomic E-state index is 13.5. The number of anilines is 2. The molecule has 5 aromatic rings. The third-order valence-corrected chi connectivity index (χ3v) is 12.0. The van der Waals surface area contributed by atoms with Crippen LogP contribution >= 0.6 is 24.1 Å². The summed E-state index contributed by atoms with van der Waals surface area (Å²) in [6.07, 6.45) is 0. The first-order valence-corrected chi connectivity index (χ1v) is 21.4. The Balaban J connectivity index is 1.54. The van der Waals surface area contributed by atoms with Gasteiger partial charge in [0.2, 0.25) is 0 Å². The molecule has 0 aliphatic carbocycles. The third-order valence-electron chi connectivity index (χ3n) is 7.31. The van der Waals surface area contributed by atoms with Gasteiger partial charge >= 0.3 is 0 Å². The van der Waals surface area contributed by atoms with Gasteiger partial charge in [0.1, 0.15) is 14.7 Å². The molecular weight excluding hydrogens is 877 g/mol. The first-order chi connectivity index (χ1) is 26.0. The predicted octanol–water partition coefficient (Wildman–Crippen LogP) is 4.34. The topological polar surface area (TPSA) is 353 Å². The summed E-state index contributed by atoms with van der Waals surface area (Å²) >= 11 is 0.479. The van der Waals surface area contributed by atoms with Gasteiger partial charge in [0, 0.05) is 26.8 Å². The Morgan fingerprint density at radius 3 is 1.57 bits per heavy atom. The Bertz CT molecular complexity index is 2890. The fourth-order valence-electron chi connectivity index (χ4n) is 5.06. The molecule has 0 bridgehead atoms. The van der Waals surface area contributed by atoms with Crippen LogP contribution < -0.4 is 10.6 Å². The van der Waals surface area contributed by atoms with Crippen molar-refractivity contribution in [2.45, 2.75) is 29.4 Å². The van der Waals surface area contributed by atoms with Crippen LogP contribution in [0.25, 0.3) is 21.5 Å². The van der Waals surface area contributed by atoms with E-state index in [4.69, 9.17) is 10.5 Å². The van der Waals surface area contributed by atoms with Gasteiger partial charge in [-0.2, -0.15) is 33.7 Å². The van der Waals surface area contributed by atoms with Gasteiger partial charge in [0.05, 0.1) is 45.3 Å². The lowest BCUT2D eigenvalue weighted by Crippen LogP contribution is -2.17. The molecule has 0 aliphatic rings. The number of nitrogens with one attached hydrogen (secondary N) is 2. The highest BCUT2D eigenvalue weighted by atomic mass is 32.2. The molecule has 56 heavy (non-hydrogen) atoms. The molecule has 0 fully saturated rings. The molecule has 5 rings (SSSR count). The minimum absolute atomic E-state index is 0.138. The van der Waals surface area contributed by atoms with E-state index < -0.39 is 77.6 Å². The molecular formula is C28H20N2O20S6. The van der Waals surface area contributed by atoms with Crippen molar-refractivity contribution in [3.05, 3.63) is 83.9 Å². The molecule has 0 aromatic heterocycles. The second-order valence-electron chi connectivity index (χ2n) is 10.8. The summed E-state index contributed by atoms with van der Waals surface area (Å²) < 4.78 is 145. The van der Waals surface area contributed by atoms with Crippen molar-refractivity contribution >= 4 is 109 Å². The number of fused-ring (bicyclic) bond motifs is 2. The van der Waals surface area contributed by atoms with E-state index in [2.05, 4.69) is 29.4 Å². The van der Waals surface area contributed by atoms with Crippen molar-refractivity contribution < 1.29 is 90.7 Å². The van der Waals surface area contributed by atoms with Gasteiger partial charge in [-0.3, -0.25) is 27.8 Å². The summed E-state index contributed by atoms with van der Waals surface area (Å²) in [5, 5.41) is 27.5. The normalized spacial score (nSPS) is 12.5. The van der Waals surface area contributed by atoms with Crippen LogP contribution in [0.1, 0.15) is 20.7 Å². The van der Waals surface area contributed by atoms with Crippen molar-refractivity contribution in [3.8, 4) is 0 Å². The highest BCUT2D eigenvalue weighted by Crippen LogP contribution is 2.38. The summed E-state index contributed by atoms with van der Waals surface area (Å²) in [6, 6.07) is 11.3. The highest BCUT2D eigenvalue weighted by molar-refractivity contribution is 7.95. The molecule has 0 unspecified atom stereocenters. The lowest BCUT2D eigenvalue weighted by Gasteiger charge is -2.15. The van der Waals surface area contributed by atoms with E-state index in [9.17, 15) is 61.5 Å². The van der Waals surface area contributed by atoms with Crippen LogP contribution in [0.15, 0.2) is 102 Å². The maximum Gasteiger partial charge on any atom is 0.296 e. The third kappa shape index (κ3) is 9.78. The van der Waals surface area contributed by atoms with E-state index in [0.717, 1.165) is 54.6 Å². The van der Waals surface area contributed by atoms with Crippen LogP contribution in [0.3, 0.4) is 0 Å². The van der Waals surface area contributed by atoms with E-state index in [1.807, 2.05) is 0 Å². The standard InChI is InChI=1S/C28H20N2O20S6/c31-27(29-21-11-19-16(7-23(21)52-50-48-34)6-18(53(35,36)37)10-25(19)55(41,42)43)13-2-1-3-14(4-13)28(32)30-22-12-20-15(8-26(22)56(44,45)46)5-17(51-49-47-33)9-24(20)54(38,39)40/h1-12,33-34H,(H,29,31)(H,30,32)(H,35,36,37)(H,38,39,40)(H,41,42,43)(H,44,45,46). The van der Waals surface area contributed by atoms with E-state index in [0.29, 0.717) is 6.07 Å². The molecule has 5 aromatic carbocycles. The number of benzene rings is 5. The van der Waals surface area contributed by atoms with Gasteiger partial charge in [-0.25, -0.2) is 10.5 Å². The van der Waals surface area contributed by atoms with Crippen molar-refractivity contribution in [2.24, 2.45) is 0 Å². The molecule has 0 aliphatic heterocycles. The van der Waals surface area contributed by atoms with Crippen molar-refractivity contribution in [3.63, 3.8) is 0 Å². The Morgan fingerprint density at radius 2 is 1.04 bits per heavy atom. The van der Waals surface area contributed by atoms with Gasteiger partial charge in [0.25, 0.3) is 52.3 Å². The predicted molar refractivity (Wildman–Crippen MR) is 191 cm³/mol. The fraction of sp³-hybridized carbons (Fsp3) is 0. The van der Waals surface area contributed by atoms with Crippen LogP contribution in [0.5, 0.6) is 0 Å². The zero-order chi connectivity index (χ0) is 41.4. The number of hydrogen-bond acceptors (Lipinski definition) is 18. The SMILES string of the molecule is O=C(Nc1cc2c(S(=O)(=O)O)cc(S(=O)(=O)O)cc2cc1SOOO)c1cccc(C(=O)Nc2cc3c(S(=O)(=O)O)cc(SOOO)cc3cc2S(=O)(=O)O)c1. The minimum Gasteiger partial charge on any atom is -0.321 e. The van der Waals surface area contributed by atoms with E-state index in [1.54, 1.807) is 0 Å². The maximum atomic E-state index is 13.5. The number of amides is 2. The van der Waals surface area contributed by atoms with Gasteiger partial charge in [0.15, 0.2) is 0 Å². The largest absolute Gasteiger partial charge is 0.321 e. The monoisotopic (exact) mass is 896 g/mol. The van der Waals surface area contributed by atoms with Crippen LogP contribution in [0.2, 0.25) is 0 Å². The molecule has 22 nitrogen and oxygen atoms in total. The van der Waals surface area contributed by atoms with Crippen LogP contribution in [-0.4, -0.2) is 74.2 Å². The molecule has 0 heterocycles. The minimum atomic E-state index is -5.17. The number of hydrogen-bond donors (Lipinski definition) is 8. The summed E-state index contributed by atoms with van der Waals surface area (Å²) in [5.74, 6) is -2.14. The molecule has 0 radical (unpaired) electrons. The number of carbonyl (C=O) groups is 2. The molecule has 28 heteroatoms. The lowest BCUT2D eigenvalue weighted by atomic mass is 10.1. The first kappa shape index (κ1) is 42.8. The van der Waals surface area contributed by atoms with Crippen LogP contribution in [-0.2, 0) is 59.2 Å². The average Bonchev–Trinajstić information content (AvgIpc) is 3.10. The van der Waals surface area contributed by atoms with E-state index in [-0.39, 0.29) is 72.2 Å². The van der Waals surface area contributed by atoms with Crippen molar-refractivity contribution in [1.29, 1.82) is 0 Å². The second kappa shape index (κ2) is 16.3. The Kier molecular flexibility index (Phi) is 12.4. The van der Waals surface area contributed by atoms with E-state index >= 15 is 0 Å². The number of rotatable bonds is 14. The van der Waals surface area contributed by atoms with Gasteiger partial charge in [-0.05, 0) is 77.5 Å². The lowest BCUT2D eigenvalue weighted by molar-refractivity contribution is -0.432. The summed E-state index contributed by atoms with van der Waals surface area (Å²) in [7, 11) is -20.4. The fourth-order valence-corrected chi connectivity index (χ4v) is 8.80. The average molecular weight is 897 g/mol. The quantitative estimate of drug-likeness (QED) is 0.0332. The molecule has 2 amide bonds. The Morgan fingerprint density at radius 1 is 0.536 bits per heavy atom. The molecule has 0 atom stereocenters. The highest BCUT2D eigenvalue weighted by Gasteiger charge is 2.26. The molecule has 0 saturated carbocycles. The Hall–Kier alpha value is -4.34. The first-order valence-electron chi connectivity index (χ1n) is 14.2. The summed E-state index contributed by atoms with van der Waals surface area (Å²) in [6.45, 7) is 0. The van der Waals surface area contributed by atoms with Crippen molar-refractivity contribution in [1.82, 2.24) is 0 Å². The van der Waals surface area contributed by atoms with Crippen LogP contribution in [0, 0.1) is 0 Å². The van der Waals surface area contributed by atoms with Crippen molar-refractivity contribution in [2.75, 3.05) is 10.6 Å².